The van der Waals surface area contributed by atoms with Gasteiger partial charge in [-0.1, -0.05) is 17.8 Å². The molecule has 1 N–H and O–H groups in total. The average molecular weight is 336 g/mol. The molecule has 5 nitrogen and oxygen atoms in total. The van der Waals surface area contributed by atoms with Gasteiger partial charge in [-0.3, -0.25) is 4.79 Å². The summed E-state index contributed by atoms with van der Waals surface area (Å²) in [4.78, 5) is 16.4. The van der Waals surface area contributed by atoms with E-state index in [1.54, 1.807) is 11.3 Å². The van der Waals surface area contributed by atoms with Crippen LogP contribution >= 0.6 is 23.1 Å². The number of hydrogen-bond acceptors (Lipinski definition) is 6. The lowest BCUT2D eigenvalue weighted by Gasteiger charge is -2.14. The third kappa shape index (κ3) is 3.53. The highest BCUT2D eigenvalue weighted by molar-refractivity contribution is 8.01. The van der Waals surface area contributed by atoms with Crippen molar-refractivity contribution in [2.24, 2.45) is 0 Å². The Morgan fingerprint density at radius 3 is 3.05 bits per heavy atom. The maximum Gasteiger partial charge on any atom is 0.231 e. The Kier molecular flexibility index (Phi) is 4.54. The van der Waals surface area contributed by atoms with Gasteiger partial charge in [0.15, 0.2) is 15.8 Å². The highest BCUT2D eigenvalue weighted by Crippen LogP contribution is 2.34. The van der Waals surface area contributed by atoms with E-state index in [2.05, 4.69) is 10.3 Å². The van der Waals surface area contributed by atoms with Crippen molar-refractivity contribution in [2.45, 2.75) is 24.2 Å². The smallest absolute Gasteiger partial charge is 0.231 e. The molecule has 1 unspecified atom stereocenters. The van der Waals surface area contributed by atoms with Gasteiger partial charge in [0.1, 0.15) is 0 Å². The van der Waals surface area contributed by atoms with Gasteiger partial charge in [-0.2, -0.15) is 0 Å². The number of rotatable bonds is 5. The maximum atomic E-state index is 12.0. The molecule has 116 valence electrons. The second kappa shape index (κ2) is 6.58. The van der Waals surface area contributed by atoms with Gasteiger partial charge in [0.05, 0.1) is 11.8 Å². The van der Waals surface area contributed by atoms with Crippen molar-refractivity contribution in [3.63, 3.8) is 0 Å². The zero-order valence-corrected chi connectivity index (χ0v) is 13.9. The van der Waals surface area contributed by atoms with Gasteiger partial charge in [0.2, 0.25) is 12.7 Å². The lowest BCUT2D eigenvalue weighted by Crippen LogP contribution is -2.28. The second-order valence-electron chi connectivity index (χ2n) is 4.95. The largest absolute Gasteiger partial charge is 0.454 e. The highest BCUT2D eigenvalue weighted by atomic mass is 32.2. The number of thioether (sulfide) groups is 1. The molecule has 0 saturated carbocycles. The van der Waals surface area contributed by atoms with E-state index in [9.17, 15) is 4.79 Å². The minimum absolute atomic E-state index is 0.0111. The third-order valence-electron chi connectivity index (χ3n) is 3.20. The van der Waals surface area contributed by atoms with E-state index in [1.807, 2.05) is 37.4 Å². The first-order chi connectivity index (χ1) is 10.6. The number of nitrogens with one attached hydrogen (secondary N) is 1. The number of aromatic nitrogens is 1. The quantitative estimate of drug-likeness (QED) is 0.850. The minimum Gasteiger partial charge on any atom is -0.454 e. The van der Waals surface area contributed by atoms with Gasteiger partial charge in [0, 0.05) is 11.1 Å². The Morgan fingerprint density at radius 1 is 1.45 bits per heavy atom. The number of carbonyl (C=O) groups excluding carboxylic acids is 1. The van der Waals surface area contributed by atoms with Crippen molar-refractivity contribution >= 4 is 29.0 Å². The van der Waals surface area contributed by atoms with Crippen molar-refractivity contribution in [3.8, 4) is 11.5 Å². The number of benzene rings is 1. The third-order valence-corrected chi connectivity index (χ3v) is 5.34. The molecule has 0 fully saturated rings. The topological polar surface area (TPSA) is 60.5 Å². The molecule has 3 rings (SSSR count). The van der Waals surface area contributed by atoms with Crippen LogP contribution in [0.5, 0.6) is 11.5 Å². The SMILES string of the molecule is Cc1csc(SCC(=O)NC(C)c2ccc3c(c2)OCO3)n1. The van der Waals surface area contributed by atoms with Crippen LogP contribution in [0.25, 0.3) is 0 Å². The standard InChI is InChI=1S/C15H16N2O3S2/c1-9-6-21-15(16-9)22-7-14(18)17-10(2)11-3-4-12-13(5-11)20-8-19-12/h3-6,10H,7-8H2,1-2H3,(H,17,18). The fourth-order valence-corrected chi connectivity index (χ4v) is 3.74. The molecule has 1 aromatic heterocycles. The van der Waals surface area contributed by atoms with Crippen molar-refractivity contribution in [3.05, 3.63) is 34.8 Å². The first kappa shape index (κ1) is 15.2. The molecule has 0 radical (unpaired) electrons. The van der Waals surface area contributed by atoms with Crippen LogP contribution in [0.2, 0.25) is 0 Å². The monoisotopic (exact) mass is 336 g/mol. The van der Waals surface area contributed by atoms with Crippen LogP contribution in [0.15, 0.2) is 27.9 Å². The predicted octanol–water partition coefficient (Wildman–Crippen LogP) is 3.15. The Labute approximate surface area is 137 Å². The van der Waals surface area contributed by atoms with E-state index in [-0.39, 0.29) is 18.7 Å². The molecule has 1 atom stereocenters. The number of aryl methyl sites for hydroxylation is 1. The van der Waals surface area contributed by atoms with Gasteiger partial charge < -0.3 is 14.8 Å². The number of nitrogens with zero attached hydrogens (tertiary/aromatic N) is 1. The van der Waals surface area contributed by atoms with E-state index < -0.39 is 0 Å². The fraction of sp³-hybridized carbons (Fsp3) is 0.333. The molecule has 2 heterocycles. The maximum absolute atomic E-state index is 12.0. The summed E-state index contributed by atoms with van der Waals surface area (Å²) >= 11 is 3.02. The highest BCUT2D eigenvalue weighted by Gasteiger charge is 2.17. The summed E-state index contributed by atoms with van der Waals surface area (Å²) in [6.07, 6.45) is 0. The van der Waals surface area contributed by atoms with Gasteiger partial charge in [-0.25, -0.2) is 4.98 Å². The van der Waals surface area contributed by atoms with E-state index in [1.165, 1.54) is 11.8 Å². The number of ether oxygens (including phenoxy) is 2. The minimum atomic E-state index is -0.0827. The Balaban J connectivity index is 1.54. The molecule has 1 aliphatic rings. The Morgan fingerprint density at radius 2 is 2.27 bits per heavy atom. The van der Waals surface area contributed by atoms with Crippen molar-refractivity contribution in [1.82, 2.24) is 10.3 Å². The summed E-state index contributed by atoms with van der Waals surface area (Å²) in [5.41, 5.74) is 1.98. The molecule has 1 amide bonds. The predicted molar refractivity (Wildman–Crippen MR) is 86.7 cm³/mol. The zero-order valence-electron chi connectivity index (χ0n) is 12.3. The van der Waals surface area contributed by atoms with Gasteiger partial charge >= 0.3 is 0 Å². The Bertz CT molecular complexity index is 687. The molecular weight excluding hydrogens is 320 g/mol. The molecule has 1 aliphatic heterocycles. The first-order valence-corrected chi connectivity index (χ1v) is 8.72. The summed E-state index contributed by atoms with van der Waals surface area (Å²) in [6, 6.07) is 5.63. The number of hydrogen-bond donors (Lipinski definition) is 1. The van der Waals surface area contributed by atoms with E-state index >= 15 is 0 Å². The van der Waals surface area contributed by atoms with Crippen LogP contribution in [0.3, 0.4) is 0 Å². The van der Waals surface area contributed by atoms with E-state index in [4.69, 9.17) is 9.47 Å². The lowest BCUT2D eigenvalue weighted by atomic mass is 10.1. The molecule has 1 aromatic carbocycles. The van der Waals surface area contributed by atoms with Crippen molar-refractivity contribution < 1.29 is 14.3 Å². The van der Waals surface area contributed by atoms with Crippen molar-refractivity contribution in [1.29, 1.82) is 0 Å². The molecule has 7 heteroatoms. The number of carbonyl (C=O) groups is 1. The molecule has 0 saturated heterocycles. The van der Waals surface area contributed by atoms with Gasteiger partial charge in [0.25, 0.3) is 0 Å². The van der Waals surface area contributed by atoms with Crippen LogP contribution in [-0.4, -0.2) is 23.4 Å². The normalized spacial score (nSPS) is 13.9. The molecule has 0 aliphatic carbocycles. The van der Waals surface area contributed by atoms with E-state index in [0.29, 0.717) is 5.75 Å². The molecule has 2 aromatic rings. The number of fused-ring (bicyclic) bond motifs is 1. The Hall–Kier alpha value is -1.73. The molecule has 22 heavy (non-hydrogen) atoms. The van der Waals surface area contributed by atoms with Crippen LogP contribution < -0.4 is 14.8 Å². The fourth-order valence-electron chi connectivity index (χ4n) is 2.07. The number of amides is 1. The van der Waals surface area contributed by atoms with Crippen LogP contribution in [-0.2, 0) is 4.79 Å². The summed E-state index contributed by atoms with van der Waals surface area (Å²) in [5, 5.41) is 4.97. The average Bonchev–Trinajstić information content (AvgIpc) is 3.12. The first-order valence-electron chi connectivity index (χ1n) is 6.85. The molecule has 0 spiro atoms. The second-order valence-corrected chi connectivity index (χ2v) is 7.03. The molecule has 0 bridgehead atoms. The summed E-state index contributed by atoms with van der Waals surface area (Å²) < 4.78 is 11.6. The van der Waals surface area contributed by atoms with Gasteiger partial charge in [-0.15, -0.1) is 11.3 Å². The number of thiazole rings is 1. The van der Waals surface area contributed by atoms with Gasteiger partial charge in [-0.05, 0) is 31.5 Å². The summed E-state index contributed by atoms with van der Waals surface area (Å²) in [6.45, 7) is 4.15. The zero-order chi connectivity index (χ0) is 15.5. The van der Waals surface area contributed by atoms with Crippen LogP contribution in [0.1, 0.15) is 24.2 Å². The van der Waals surface area contributed by atoms with Crippen LogP contribution in [0, 0.1) is 6.92 Å². The summed E-state index contributed by atoms with van der Waals surface area (Å²) in [7, 11) is 0. The van der Waals surface area contributed by atoms with Crippen LogP contribution in [0.4, 0.5) is 0 Å². The van der Waals surface area contributed by atoms with E-state index in [0.717, 1.165) is 27.1 Å². The lowest BCUT2D eigenvalue weighted by molar-refractivity contribution is -0.119. The molecular formula is C15H16N2O3S2. The van der Waals surface area contributed by atoms with Crippen molar-refractivity contribution in [2.75, 3.05) is 12.5 Å². The summed E-state index contributed by atoms with van der Waals surface area (Å²) in [5.74, 6) is 1.83.